The molecule has 2 aromatic carbocycles. The molecule has 1 aliphatic heterocycles. The summed E-state index contributed by atoms with van der Waals surface area (Å²) >= 11 is 0. The first kappa shape index (κ1) is 30.6. The molecule has 0 bridgehead atoms. The summed E-state index contributed by atoms with van der Waals surface area (Å²) in [6, 6.07) is 15.0. The van der Waals surface area contributed by atoms with Gasteiger partial charge in [0.2, 0.25) is 10.0 Å². The van der Waals surface area contributed by atoms with E-state index in [0.717, 1.165) is 0 Å². The molecule has 1 unspecified atom stereocenters. The molecule has 6 nitrogen and oxygen atoms in total. The minimum atomic E-state index is -4.55. The van der Waals surface area contributed by atoms with Crippen LogP contribution in [-0.4, -0.2) is 56.3 Å². The number of nitrogens with zero attached hydrogens (tertiary/aromatic N) is 1. The van der Waals surface area contributed by atoms with E-state index < -0.39 is 34.5 Å². The Labute approximate surface area is 227 Å². The first-order valence-electron chi connectivity index (χ1n) is 12.7. The number of benzene rings is 2. The number of sulfonamides is 1. The van der Waals surface area contributed by atoms with Crippen LogP contribution in [0.5, 0.6) is 0 Å². The van der Waals surface area contributed by atoms with E-state index in [2.05, 4.69) is 0 Å². The van der Waals surface area contributed by atoms with E-state index in [4.69, 9.17) is 4.74 Å². The average molecular weight is 566 g/mol. The number of allylic oxidation sites excluding steroid dienone is 4. The average Bonchev–Trinajstić information content (AvgIpc) is 2.90. The summed E-state index contributed by atoms with van der Waals surface area (Å²) in [6.07, 6.45) is -6.16. The fraction of sp³-hybridized carbons (Fsp3) is 0.414. The van der Waals surface area contributed by atoms with Crippen molar-refractivity contribution in [1.82, 2.24) is 4.31 Å². The summed E-state index contributed by atoms with van der Waals surface area (Å²) in [5.41, 5.74) is 2.14. The molecular formula is C29H34F3NO5S. The second kappa shape index (κ2) is 12.9. The number of morpholine rings is 1. The maximum absolute atomic E-state index is 14.0. The van der Waals surface area contributed by atoms with Crippen molar-refractivity contribution in [3.8, 4) is 0 Å². The van der Waals surface area contributed by atoms with Crippen molar-refractivity contribution in [3.05, 3.63) is 82.4 Å². The SMILES string of the molecule is CC(=C(CC(F)(F)F)C(Cc1ccccc1S(=O)(=O)N1CCOCC1)=C(C)C(C)CC(=O)O)c1ccccc1. The van der Waals surface area contributed by atoms with Crippen molar-refractivity contribution in [2.45, 2.75) is 51.1 Å². The molecule has 0 aliphatic carbocycles. The van der Waals surface area contributed by atoms with E-state index in [1.807, 2.05) is 0 Å². The monoisotopic (exact) mass is 565 g/mol. The number of carboxylic acid groups (broad SMARTS) is 1. The first-order chi connectivity index (χ1) is 18.3. The second-order valence-electron chi connectivity index (χ2n) is 9.72. The normalized spacial score (nSPS) is 17.3. The molecule has 1 heterocycles. The Morgan fingerprint density at radius 1 is 1.00 bits per heavy atom. The van der Waals surface area contributed by atoms with Crippen molar-refractivity contribution in [3.63, 3.8) is 0 Å². The molecule has 0 radical (unpaired) electrons. The molecule has 1 saturated heterocycles. The van der Waals surface area contributed by atoms with Gasteiger partial charge >= 0.3 is 12.1 Å². The standard InChI is InChI=1S/C29H34F3NO5S/c1-20(17-28(34)35)21(2)25(26(19-29(30,31)32)22(3)23-9-5-4-6-10-23)18-24-11-7-8-12-27(24)39(36,37)33-13-15-38-16-14-33/h4-12,20H,13-19H2,1-3H3,(H,34,35). The van der Waals surface area contributed by atoms with Crippen LogP contribution >= 0.6 is 0 Å². The van der Waals surface area contributed by atoms with Crippen molar-refractivity contribution >= 4 is 21.6 Å². The Morgan fingerprint density at radius 3 is 2.18 bits per heavy atom. The lowest BCUT2D eigenvalue weighted by Crippen LogP contribution is -2.40. The summed E-state index contributed by atoms with van der Waals surface area (Å²) in [5, 5.41) is 9.40. The second-order valence-corrected chi connectivity index (χ2v) is 11.6. The predicted molar refractivity (Wildman–Crippen MR) is 144 cm³/mol. The van der Waals surface area contributed by atoms with Crippen molar-refractivity contribution < 1.29 is 36.2 Å². The lowest BCUT2D eigenvalue weighted by molar-refractivity contribution is -0.137. The van der Waals surface area contributed by atoms with Crippen LogP contribution in [0, 0.1) is 5.92 Å². The van der Waals surface area contributed by atoms with Crippen molar-refractivity contribution in [1.29, 1.82) is 0 Å². The maximum Gasteiger partial charge on any atom is 0.393 e. The van der Waals surface area contributed by atoms with Crippen LogP contribution in [-0.2, 0) is 26.0 Å². The minimum absolute atomic E-state index is 0.0158. The Morgan fingerprint density at radius 2 is 1.59 bits per heavy atom. The van der Waals surface area contributed by atoms with Gasteiger partial charge in [-0.1, -0.05) is 61.0 Å². The molecule has 212 valence electrons. The zero-order chi connectivity index (χ0) is 28.8. The van der Waals surface area contributed by atoms with Gasteiger partial charge in [-0.25, -0.2) is 8.42 Å². The summed E-state index contributed by atoms with van der Waals surface area (Å²) in [7, 11) is -3.94. The van der Waals surface area contributed by atoms with E-state index in [-0.39, 0.29) is 49.6 Å². The number of hydrogen-bond donors (Lipinski definition) is 1. The number of rotatable bonds is 10. The lowest BCUT2D eigenvalue weighted by Gasteiger charge is -2.28. The molecule has 39 heavy (non-hydrogen) atoms. The molecule has 1 aliphatic rings. The van der Waals surface area contributed by atoms with Gasteiger partial charge in [0, 0.05) is 13.1 Å². The number of carboxylic acids is 1. The van der Waals surface area contributed by atoms with Gasteiger partial charge in [-0.3, -0.25) is 4.79 Å². The van der Waals surface area contributed by atoms with Gasteiger partial charge in [-0.2, -0.15) is 17.5 Å². The third-order valence-corrected chi connectivity index (χ3v) is 9.02. The molecule has 1 N–H and O–H groups in total. The predicted octanol–water partition coefficient (Wildman–Crippen LogP) is 6.10. The van der Waals surface area contributed by atoms with Crippen LogP contribution in [0.4, 0.5) is 13.2 Å². The zero-order valence-electron chi connectivity index (χ0n) is 22.3. The van der Waals surface area contributed by atoms with Gasteiger partial charge in [0.05, 0.1) is 31.0 Å². The highest BCUT2D eigenvalue weighted by molar-refractivity contribution is 7.89. The highest BCUT2D eigenvalue weighted by Gasteiger charge is 2.34. The summed E-state index contributed by atoms with van der Waals surface area (Å²) < 4.78 is 75.8. The first-order valence-corrected chi connectivity index (χ1v) is 14.1. The van der Waals surface area contributed by atoms with Crippen LogP contribution in [0.1, 0.15) is 44.7 Å². The topological polar surface area (TPSA) is 83.9 Å². The van der Waals surface area contributed by atoms with Gasteiger partial charge in [0.25, 0.3) is 0 Å². The fourth-order valence-electron chi connectivity index (χ4n) is 4.74. The smallest absolute Gasteiger partial charge is 0.393 e. The van der Waals surface area contributed by atoms with E-state index in [9.17, 15) is 31.5 Å². The van der Waals surface area contributed by atoms with Crippen LogP contribution in [0.3, 0.4) is 0 Å². The van der Waals surface area contributed by atoms with Crippen LogP contribution in [0.15, 0.2) is 76.2 Å². The third-order valence-electron chi connectivity index (χ3n) is 7.02. The Balaban J connectivity index is 2.23. The number of hydrogen-bond acceptors (Lipinski definition) is 4. The summed E-state index contributed by atoms with van der Waals surface area (Å²) in [6.45, 7) is 5.78. The molecule has 3 rings (SSSR count). The van der Waals surface area contributed by atoms with Gasteiger partial charge < -0.3 is 9.84 Å². The Bertz CT molecular complexity index is 1330. The van der Waals surface area contributed by atoms with E-state index in [1.165, 1.54) is 10.4 Å². The number of alkyl halides is 3. The third kappa shape index (κ3) is 8.03. The van der Waals surface area contributed by atoms with Crippen LogP contribution in [0.2, 0.25) is 0 Å². The number of ether oxygens (including phenoxy) is 1. The van der Waals surface area contributed by atoms with Gasteiger partial charge in [-0.05, 0) is 60.1 Å². The van der Waals surface area contributed by atoms with Gasteiger partial charge in [0.15, 0.2) is 0 Å². The van der Waals surface area contributed by atoms with Crippen molar-refractivity contribution in [2.75, 3.05) is 26.3 Å². The summed E-state index contributed by atoms with van der Waals surface area (Å²) in [5.74, 6) is -1.65. The Hall–Kier alpha value is -2.95. The summed E-state index contributed by atoms with van der Waals surface area (Å²) in [4.78, 5) is 11.5. The highest BCUT2D eigenvalue weighted by atomic mass is 32.2. The largest absolute Gasteiger partial charge is 0.481 e. The number of aliphatic carboxylic acids is 1. The molecule has 0 amide bonds. The van der Waals surface area contributed by atoms with Crippen LogP contribution < -0.4 is 0 Å². The van der Waals surface area contributed by atoms with Gasteiger partial charge in [-0.15, -0.1) is 0 Å². The molecule has 0 aromatic heterocycles. The molecule has 2 aromatic rings. The molecule has 1 fully saturated rings. The molecular weight excluding hydrogens is 531 g/mol. The minimum Gasteiger partial charge on any atom is -0.481 e. The van der Waals surface area contributed by atoms with Crippen molar-refractivity contribution in [2.24, 2.45) is 5.92 Å². The fourth-order valence-corrected chi connectivity index (χ4v) is 6.37. The molecule has 0 spiro atoms. The van der Waals surface area contributed by atoms with Crippen LogP contribution in [0.25, 0.3) is 5.57 Å². The van der Waals surface area contributed by atoms with Gasteiger partial charge in [0.1, 0.15) is 0 Å². The molecule has 0 saturated carbocycles. The quantitative estimate of drug-likeness (QED) is 0.352. The maximum atomic E-state index is 14.0. The lowest BCUT2D eigenvalue weighted by atomic mass is 9.83. The number of carbonyl (C=O) groups is 1. The van der Waals surface area contributed by atoms with E-state index in [1.54, 1.807) is 69.3 Å². The van der Waals surface area contributed by atoms with E-state index >= 15 is 0 Å². The zero-order valence-corrected chi connectivity index (χ0v) is 23.1. The van der Waals surface area contributed by atoms with E-state index in [0.29, 0.717) is 27.8 Å². The molecule has 1 atom stereocenters. The number of halogens is 3. The molecule has 10 heteroatoms. The Kier molecular flexibility index (Phi) is 10.1. The highest BCUT2D eigenvalue weighted by Crippen LogP contribution is 2.39.